The first-order valence-electron chi connectivity index (χ1n) is 6.37. The lowest BCUT2D eigenvalue weighted by Gasteiger charge is -2.36. The first kappa shape index (κ1) is 14.4. The van der Waals surface area contributed by atoms with E-state index >= 15 is 0 Å². The Morgan fingerprint density at radius 3 is 2.53 bits per heavy atom. The maximum Gasteiger partial charge on any atom is 0.322 e. The van der Waals surface area contributed by atoms with Crippen LogP contribution >= 0.6 is 0 Å². The quantitative estimate of drug-likeness (QED) is 0.714. The van der Waals surface area contributed by atoms with E-state index in [9.17, 15) is 4.79 Å². The minimum atomic E-state index is -0.773. The number of hydrogen-bond donors (Lipinski definition) is 2. The molecule has 3 atom stereocenters. The van der Waals surface area contributed by atoms with Gasteiger partial charge < -0.3 is 15.2 Å². The fourth-order valence-electron chi connectivity index (χ4n) is 2.24. The molecule has 1 fully saturated rings. The van der Waals surface area contributed by atoms with Crippen molar-refractivity contribution in [3.8, 4) is 0 Å². The highest BCUT2D eigenvalue weighted by atomic mass is 16.5. The average molecular weight is 244 g/mol. The summed E-state index contributed by atoms with van der Waals surface area (Å²) in [5, 5.41) is 12.2. The standard InChI is InChI=1S/C12H24N2O3/c1-4-5-13-11(12(15)16)8-14-6-9(2)17-10(3)7-14/h9-11,13H,4-8H2,1-3H3,(H,15,16)/t9-,10+,11?. The SMILES string of the molecule is CCCNC(CN1C[C@@H](C)O[C@@H](C)C1)C(=O)O. The number of rotatable bonds is 6. The predicted octanol–water partition coefficient (Wildman–Crippen LogP) is 0.548. The van der Waals surface area contributed by atoms with Crippen molar-refractivity contribution in [3.05, 3.63) is 0 Å². The van der Waals surface area contributed by atoms with Crippen molar-refractivity contribution in [2.75, 3.05) is 26.2 Å². The Balaban J connectivity index is 2.45. The first-order chi connectivity index (χ1) is 8.02. The molecule has 5 heteroatoms. The molecule has 0 aliphatic carbocycles. The van der Waals surface area contributed by atoms with Crippen molar-refractivity contribution >= 4 is 5.97 Å². The summed E-state index contributed by atoms with van der Waals surface area (Å²) in [6.07, 6.45) is 1.30. The van der Waals surface area contributed by atoms with E-state index in [0.717, 1.165) is 26.1 Å². The van der Waals surface area contributed by atoms with Gasteiger partial charge in [0.1, 0.15) is 6.04 Å². The maximum absolute atomic E-state index is 11.1. The normalized spacial score (nSPS) is 27.9. The molecule has 2 N–H and O–H groups in total. The van der Waals surface area contributed by atoms with Gasteiger partial charge >= 0.3 is 5.97 Å². The zero-order valence-electron chi connectivity index (χ0n) is 11.0. The van der Waals surface area contributed by atoms with E-state index in [0.29, 0.717) is 6.54 Å². The van der Waals surface area contributed by atoms with Crippen LogP contribution in [0.4, 0.5) is 0 Å². The van der Waals surface area contributed by atoms with E-state index in [1.807, 2.05) is 20.8 Å². The number of carboxylic acid groups (broad SMARTS) is 1. The van der Waals surface area contributed by atoms with Gasteiger partial charge in [0.25, 0.3) is 0 Å². The summed E-state index contributed by atoms with van der Waals surface area (Å²) >= 11 is 0. The van der Waals surface area contributed by atoms with E-state index in [1.165, 1.54) is 0 Å². The van der Waals surface area contributed by atoms with Gasteiger partial charge in [-0.05, 0) is 26.8 Å². The zero-order chi connectivity index (χ0) is 12.8. The molecule has 5 nitrogen and oxygen atoms in total. The van der Waals surface area contributed by atoms with E-state index in [4.69, 9.17) is 9.84 Å². The Morgan fingerprint density at radius 1 is 1.47 bits per heavy atom. The molecule has 17 heavy (non-hydrogen) atoms. The minimum Gasteiger partial charge on any atom is -0.480 e. The number of carbonyl (C=O) groups is 1. The highest BCUT2D eigenvalue weighted by Crippen LogP contribution is 2.10. The van der Waals surface area contributed by atoms with Gasteiger partial charge in [-0.15, -0.1) is 0 Å². The monoisotopic (exact) mass is 244 g/mol. The van der Waals surface area contributed by atoms with Crippen molar-refractivity contribution < 1.29 is 14.6 Å². The molecule has 0 saturated carbocycles. The molecule has 0 spiro atoms. The van der Waals surface area contributed by atoms with Crippen molar-refractivity contribution in [1.29, 1.82) is 0 Å². The van der Waals surface area contributed by atoms with Gasteiger partial charge in [0.05, 0.1) is 12.2 Å². The van der Waals surface area contributed by atoms with Crippen molar-refractivity contribution in [1.82, 2.24) is 10.2 Å². The van der Waals surface area contributed by atoms with Gasteiger partial charge in [0.2, 0.25) is 0 Å². The molecule has 0 aromatic heterocycles. The lowest BCUT2D eigenvalue weighted by atomic mass is 10.2. The van der Waals surface area contributed by atoms with Crippen molar-refractivity contribution in [3.63, 3.8) is 0 Å². The van der Waals surface area contributed by atoms with Crippen LogP contribution in [0, 0.1) is 0 Å². The number of nitrogens with zero attached hydrogens (tertiary/aromatic N) is 1. The van der Waals surface area contributed by atoms with Crippen LogP contribution in [0.1, 0.15) is 27.2 Å². The minimum absolute atomic E-state index is 0.180. The smallest absolute Gasteiger partial charge is 0.322 e. The molecule has 0 bridgehead atoms. The Labute approximate surface area is 103 Å². The largest absolute Gasteiger partial charge is 0.480 e. The highest BCUT2D eigenvalue weighted by molar-refractivity contribution is 5.73. The third-order valence-corrected chi connectivity index (χ3v) is 2.87. The van der Waals surface area contributed by atoms with Gasteiger partial charge in [0, 0.05) is 19.6 Å². The maximum atomic E-state index is 11.1. The summed E-state index contributed by atoms with van der Waals surface area (Å²) < 4.78 is 5.63. The molecule has 0 aromatic carbocycles. The summed E-state index contributed by atoms with van der Waals surface area (Å²) in [6, 6.07) is -0.479. The fraction of sp³-hybridized carbons (Fsp3) is 0.917. The van der Waals surface area contributed by atoms with Crippen LogP contribution in [0.25, 0.3) is 0 Å². The van der Waals surface area contributed by atoms with E-state index < -0.39 is 12.0 Å². The van der Waals surface area contributed by atoms with Gasteiger partial charge in [-0.1, -0.05) is 6.92 Å². The lowest BCUT2D eigenvalue weighted by molar-refractivity contribution is -0.141. The Bertz CT molecular complexity index is 238. The van der Waals surface area contributed by atoms with E-state index in [-0.39, 0.29) is 12.2 Å². The van der Waals surface area contributed by atoms with E-state index in [1.54, 1.807) is 0 Å². The summed E-state index contributed by atoms with van der Waals surface area (Å²) in [5.74, 6) is -0.773. The second-order valence-corrected chi connectivity index (χ2v) is 4.82. The molecule has 1 unspecified atom stereocenters. The third kappa shape index (κ3) is 5.02. The number of nitrogens with one attached hydrogen (secondary N) is 1. The Kier molecular flexibility index (Phi) is 5.88. The second-order valence-electron chi connectivity index (χ2n) is 4.82. The molecular weight excluding hydrogens is 220 g/mol. The summed E-state index contributed by atoms with van der Waals surface area (Å²) in [4.78, 5) is 13.3. The molecule has 1 heterocycles. The summed E-state index contributed by atoms with van der Waals surface area (Å²) in [6.45, 7) is 8.99. The number of morpholine rings is 1. The van der Waals surface area contributed by atoms with Crippen LogP contribution in [0.5, 0.6) is 0 Å². The van der Waals surface area contributed by atoms with Gasteiger partial charge in [-0.3, -0.25) is 9.69 Å². The van der Waals surface area contributed by atoms with Crippen LogP contribution in [-0.2, 0) is 9.53 Å². The molecule has 1 aliphatic heterocycles. The topological polar surface area (TPSA) is 61.8 Å². The first-order valence-corrected chi connectivity index (χ1v) is 6.37. The van der Waals surface area contributed by atoms with Crippen LogP contribution in [0.15, 0.2) is 0 Å². The van der Waals surface area contributed by atoms with Crippen LogP contribution in [-0.4, -0.2) is 60.4 Å². The average Bonchev–Trinajstić information content (AvgIpc) is 2.22. The molecule has 100 valence electrons. The van der Waals surface area contributed by atoms with Crippen LogP contribution < -0.4 is 5.32 Å². The lowest BCUT2D eigenvalue weighted by Crippen LogP contribution is -2.52. The van der Waals surface area contributed by atoms with Crippen molar-refractivity contribution in [2.45, 2.75) is 45.4 Å². The molecule has 1 rings (SSSR count). The van der Waals surface area contributed by atoms with Crippen molar-refractivity contribution in [2.24, 2.45) is 0 Å². The predicted molar refractivity (Wildman–Crippen MR) is 66.2 cm³/mol. The Morgan fingerprint density at radius 2 is 2.06 bits per heavy atom. The summed E-state index contributed by atoms with van der Waals surface area (Å²) in [5.41, 5.74) is 0. The summed E-state index contributed by atoms with van der Waals surface area (Å²) in [7, 11) is 0. The molecule has 0 radical (unpaired) electrons. The molecule has 1 saturated heterocycles. The van der Waals surface area contributed by atoms with Gasteiger partial charge in [-0.2, -0.15) is 0 Å². The molecular formula is C12H24N2O3. The molecule has 0 amide bonds. The third-order valence-electron chi connectivity index (χ3n) is 2.87. The highest BCUT2D eigenvalue weighted by Gasteiger charge is 2.26. The number of carboxylic acids is 1. The number of ether oxygens (including phenoxy) is 1. The number of aliphatic carboxylic acids is 1. The van der Waals surface area contributed by atoms with Gasteiger partial charge in [-0.25, -0.2) is 0 Å². The Hall–Kier alpha value is -0.650. The van der Waals surface area contributed by atoms with Crippen LogP contribution in [0.2, 0.25) is 0 Å². The van der Waals surface area contributed by atoms with E-state index in [2.05, 4.69) is 10.2 Å². The van der Waals surface area contributed by atoms with Gasteiger partial charge in [0.15, 0.2) is 0 Å². The second kappa shape index (κ2) is 6.93. The molecule has 0 aromatic rings. The molecule has 1 aliphatic rings. The number of hydrogen-bond acceptors (Lipinski definition) is 4. The van der Waals surface area contributed by atoms with Crippen LogP contribution in [0.3, 0.4) is 0 Å². The zero-order valence-corrected chi connectivity index (χ0v) is 11.0. The fourth-order valence-corrected chi connectivity index (χ4v) is 2.24.